The molecule has 1 unspecified atom stereocenters. The van der Waals surface area contributed by atoms with Crippen LogP contribution in [0.1, 0.15) is 13.3 Å². The summed E-state index contributed by atoms with van der Waals surface area (Å²) in [5.74, 6) is 0.205. The van der Waals surface area contributed by atoms with E-state index in [-0.39, 0.29) is 17.2 Å². The van der Waals surface area contributed by atoms with Gasteiger partial charge in [0.1, 0.15) is 10.6 Å². The van der Waals surface area contributed by atoms with Gasteiger partial charge in [0, 0.05) is 24.7 Å². The Labute approximate surface area is 118 Å². The third-order valence-electron chi connectivity index (χ3n) is 2.68. The largest absolute Gasteiger partial charge is 0.495 e. The topological polar surface area (TPSA) is 66.8 Å². The fourth-order valence-corrected chi connectivity index (χ4v) is 2.99. The molecule has 0 aromatic heterocycles. The van der Waals surface area contributed by atoms with E-state index in [9.17, 15) is 13.5 Å². The summed E-state index contributed by atoms with van der Waals surface area (Å²) >= 11 is 5.81. The zero-order chi connectivity index (χ0) is 14.6. The van der Waals surface area contributed by atoms with E-state index in [1.807, 2.05) is 0 Å². The highest BCUT2D eigenvalue weighted by molar-refractivity contribution is 7.89. The molecule has 0 amide bonds. The summed E-state index contributed by atoms with van der Waals surface area (Å²) in [5, 5.41) is 9.62. The van der Waals surface area contributed by atoms with Gasteiger partial charge in [-0.25, -0.2) is 12.7 Å². The fourth-order valence-electron chi connectivity index (χ4n) is 1.51. The maximum atomic E-state index is 12.4. The number of benzene rings is 1. The highest BCUT2D eigenvalue weighted by Gasteiger charge is 2.24. The van der Waals surface area contributed by atoms with Crippen LogP contribution in [0.5, 0.6) is 5.75 Å². The van der Waals surface area contributed by atoms with E-state index in [4.69, 9.17) is 16.3 Å². The lowest BCUT2D eigenvalue weighted by molar-refractivity contribution is 0.177. The van der Waals surface area contributed by atoms with Crippen molar-refractivity contribution in [2.24, 2.45) is 0 Å². The predicted octanol–water partition coefficient (Wildman–Crippen LogP) is 1.74. The molecule has 1 N–H and O–H groups in total. The van der Waals surface area contributed by atoms with E-state index in [2.05, 4.69) is 0 Å². The van der Waals surface area contributed by atoms with Gasteiger partial charge in [-0.2, -0.15) is 0 Å². The number of methoxy groups -OCH3 is 1. The van der Waals surface area contributed by atoms with Crippen LogP contribution in [-0.2, 0) is 10.0 Å². The summed E-state index contributed by atoms with van der Waals surface area (Å²) < 4.78 is 30.9. The molecule has 0 aliphatic carbocycles. The molecule has 1 aromatic carbocycles. The first-order valence-electron chi connectivity index (χ1n) is 5.77. The lowest BCUT2D eigenvalue weighted by atomic mass is 10.3. The normalized spacial score (nSPS) is 13.6. The number of halogens is 1. The smallest absolute Gasteiger partial charge is 0.246 e. The first kappa shape index (κ1) is 16.2. The van der Waals surface area contributed by atoms with Crippen molar-refractivity contribution in [3.8, 4) is 5.75 Å². The standard InChI is InChI=1S/C12H18ClNO4S/c1-9(15)6-7-14(2)19(16,17)12-5-4-10(13)8-11(12)18-3/h4-5,8-9,15H,6-7H2,1-3H3. The molecule has 0 saturated heterocycles. The van der Waals surface area contributed by atoms with E-state index < -0.39 is 16.1 Å². The summed E-state index contributed by atoms with van der Waals surface area (Å²) in [6.07, 6.45) is -0.184. The van der Waals surface area contributed by atoms with Crippen LogP contribution in [0.25, 0.3) is 0 Å². The van der Waals surface area contributed by atoms with Crippen LogP contribution < -0.4 is 4.74 Å². The SMILES string of the molecule is COc1cc(Cl)ccc1S(=O)(=O)N(C)CCC(C)O. The summed E-state index contributed by atoms with van der Waals surface area (Å²) in [4.78, 5) is 0.0625. The van der Waals surface area contributed by atoms with Crippen molar-refractivity contribution < 1.29 is 18.3 Å². The molecule has 108 valence electrons. The lowest BCUT2D eigenvalue weighted by Gasteiger charge is -2.19. The summed E-state index contributed by atoms with van der Waals surface area (Å²) in [7, 11) is -0.802. The van der Waals surface area contributed by atoms with Crippen LogP contribution in [0.4, 0.5) is 0 Å². The molecule has 0 spiro atoms. The van der Waals surface area contributed by atoms with E-state index >= 15 is 0 Å². The average Bonchev–Trinajstić information content (AvgIpc) is 2.35. The van der Waals surface area contributed by atoms with E-state index in [0.29, 0.717) is 11.4 Å². The van der Waals surface area contributed by atoms with Crippen molar-refractivity contribution >= 4 is 21.6 Å². The first-order valence-corrected chi connectivity index (χ1v) is 7.58. The maximum Gasteiger partial charge on any atom is 0.246 e. The van der Waals surface area contributed by atoms with Crippen molar-refractivity contribution in [1.82, 2.24) is 4.31 Å². The van der Waals surface area contributed by atoms with Crippen LogP contribution >= 0.6 is 11.6 Å². The Morgan fingerprint density at radius 1 is 1.47 bits per heavy atom. The molecule has 1 rings (SSSR count). The minimum atomic E-state index is -3.66. The molecule has 0 aliphatic heterocycles. The Balaban J connectivity index is 3.06. The molecule has 5 nitrogen and oxygen atoms in total. The number of sulfonamides is 1. The lowest BCUT2D eigenvalue weighted by Crippen LogP contribution is -2.29. The highest BCUT2D eigenvalue weighted by Crippen LogP contribution is 2.29. The Morgan fingerprint density at radius 2 is 2.11 bits per heavy atom. The van der Waals surface area contributed by atoms with Gasteiger partial charge < -0.3 is 9.84 Å². The highest BCUT2D eigenvalue weighted by atomic mass is 35.5. The summed E-state index contributed by atoms with van der Waals surface area (Å²) in [6.45, 7) is 1.84. The Morgan fingerprint density at radius 3 is 2.63 bits per heavy atom. The number of hydrogen-bond donors (Lipinski definition) is 1. The molecular weight excluding hydrogens is 290 g/mol. The van der Waals surface area contributed by atoms with Crippen LogP contribution in [0.2, 0.25) is 5.02 Å². The fraction of sp³-hybridized carbons (Fsp3) is 0.500. The van der Waals surface area contributed by atoms with Gasteiger partial charge in [0.25, 0.3) is 0 Å². The third-order valence-corrected chi connectivity index (χ3v) is 4.81. The van der Waals surface area contributed by atoms with Crippen LogP contribution in [0.3, 0.4) is 0 Å². The van der Waals surface area contributed by atoms with Gasteiger partial charge in [-0.05, 0) is 25.5 Å². The minimum Gasteiger partial charge on any atom is -0.495 e. The Kier molecular flexibility index (Phi) is 5.61. The molecule has 1 atom stereocenters. The predicted molar refractivity (Wildman–Crippen MR) is 74.1 cm³/mol. The first-order chi connectivity index (χ1) is 8.78. The second-order valence-corrected chi connectivity index (χ2v) is 6.71. The number of nitrogens with zero attached hydrogens (tertiary/aromatic N) is 1. The van der Waals surface area contributed by atoms with Gasteiger partial charge in [-0.3, -0.25) is 0 Å². The molecule has 0 radical (unpaired) electrons. The average molecular weight is 308 g/mol. The van der Waals surface area contributed by atoms with Gasteiger partial charge in [0.15, 0.2) is 0 Å². The second kappa shape index (κ2) is 6.56. The molecular formula is C12H18ClNO4S. The maximum absolute atomic E-state index is 12.4. The van der Waals surface area contributed by atoms with Gasteiger partial charge in [0.05, 0.1) is 13.2 Å². The van der Waals surface area contributed by atoms with Crippen LogP contribution in [0, 0.1) is 0 Å². The number of ether oxygens (including phenoxy) is 1. The second-order valence-electron chi connectivity index (χ2n) is 4.26. The molecule has 19 heavy (non-hydrogen) atoms. The number of aliphatic hydroxyl groups excluding tert-OH is 1. The molecule has 0 bridgehead atoms. The van der Waals surface area contributed by atoms with Gasteiger partial charge >= 0.3 is 0 Å². The summed E-state index contributed by atoms with van der Waals surface area (Å²) in [6, 6.07) is 4.37. The van der Waals surface area contributed by atoms with Gasteiger partial charge in [-0.15, -0.1) is 0 Å². The molecule has 7 heteroatoms. The monoisotopic (exact) mass is 307 g/mol. The molecule has 0 aliphatic rings. The number of hydrogen-bond acceptors (Lipinski definition) is 4. The van der Waals surface area contributed by atoms with Crippen molar-refractivity contribution in [3.05, 3.63) is 23.2 Å². The van der Waals surface area contributed by atoms with Crippen molar-refractivity contribution in [2.75, 3.05) is 20.7 Å². The van der Waals surface area contributed by atoms with Crippen molar-refractivity contribution in [1.29, 1.82) is 0 Å². The van der Waals surface area contributed by atoms with E-state index in [1.54, 1.807) is 6.92 Å². The minimum absolute atomic E-state index is 0.0625. The quantitative estimate of drug-likeness (QED) is 0.869. The number of aliphatic hydroxyl groups is 1. The zero-order valence-electron chi connectivity index (χ0n) is 11.1. The third kappa shape index (κ3) is 4.07. The molecule has 1 aromatic rings. The van der Waals surface area contributed by atoms with Crippen LogP contribution in [0.15, 0.2) is 23.1 Å². The van der Waals surface area contributed by atoms with Crippen molar-refractivity contribution in [2.45, 2.75) is 24.3 Å². The summed E-state index contributed by atoms with van der Waals surface area (Å²) in [5.41, 5.74) is 0. The van der Waals surface area contributed by atoms with Crippen molar-refractivity contribution in [3.63, 3.8) is 0 Å². The Hall–Kier alpha value is -0.820. The van der Waals surface area contributed by atoms with Gasteiger partial charge in [0.2, 0.25) is 10.0 Å². The molecule has 0 heterocycles. The number of rotatable bonds is 6. The van der Waals surface area contributed by atoms with Gasteiger partial charge in [-0.1, -0.05) is 11.6 Å². The zero-order valence-corrected chi connectivity index (χ0v) is 12.7. The molecule has 0 fully saturated rings. The van der Waals surface area contributed by atoms with E-state index in [0.717, 1.165) is 0 Å². The van der Waals surface area contributed by atoms with Crippen LogP contribution in [-0.4, -0.2) is 44.6 Å². The molecule has 0 saturated carbocycles. The van der Waals surface area contributed by atoms with E-state index in [1.165, 1.54) is 36.7 Å². The Bertz CT molecular complexity index is 531.